The van der Waals surface area contributed by atoms with Crippen LogP contribution in [-0.2, 0) is 17.8 Å². The molecule has 1 aliphatic heterocycles. The Bertz CT molecular complexity index is 406. The quantitative estimate of drug-likeness (QED) is 0.807. The number of halogens is 1. The van der Waals surface area contributed by atoms with Gasteiger partial charge in [0.1, 0.15) is 5.82 Å². The van der Waals surface area contributed by atoms with E-state index in [4.69, 9.17) is 0 Å². The van der Waals surface area contributed by atoms with E-state index in [1.54, 1.807) is 13.1 Å². The Balaban J connectivity index is 2.11. The van der Waals surface area contributed by atoms with Gasteiger partial charge < -0.3 is 5.32 Å². The fraction of sp³-hybridized carbons (Fsp3) is 0.417. The molecule has 86 valence electrons. The molecule has 1 heterocycles. The summed E-state index contributed by atoms with van der Waals surface area (Å²) >= 11 is 0. The van der Waals surface area contributed by atoms with E-state index < -0.39 is 0 Å². The lowest BCUT2D eigenvalue weighted by Crippen LogP contribution is -2.39. The van der Waals surface area contributed by atoms with Crippen LogP contribution < -0.4 is 5.32 Å². The molecule has 1 N–H and O–H groups in total. The number of likely N-dealkylation sites (N-methyl/N-ethyl adjacent to an activating group) is 1. The van der Waals surface area contributed by atoms with Gasteiger partial charge in [-0.1, -0.05) is 12.1 Å². The lowest BCUT2D eigenvalue weighted by atomic mass is 9.99. The zero-order valence-corrected chi connectivity index (χ0v) is 9.29. The van der Waals surface area contributed by atoms with Crippen molar-refractivity contribution in [2.24, 2.45) is 0 Å². The molecule has 0 spiro atoms. The number of benzene rings is 1. The summed E-state index contributed by atoms with van der Waals surface area (Å²) in [6.45, 7) is 1.67. The van der Waals surface area contributed by atoms with Gasteiger partial charge >= 0.3 is 0 Å². The first-order valence-electron chi connectivity index (χ1n) is 5.40. The van der Waals surface area contributed by atoms with Gasteiger partial charge in [0.2, 0.25) is 5.91 Å². The molecule has 16 heavy (non-hydrogen) atoms. The molecule has 1 aromatic rings. The largest absolute Gasteiger partial charge is 0.358 e. The lowest BCUT2D eigenvalue weighted by molar-refractivity contribution is -0.121. The summed E-state index contributed by atoms with van der Waals surface area (Å²) in [4.78, 5) is 13.2. The number of fused-ring (bicyclic) bond motifs is 1. The van der Waals surface area contributed by atoms with E-state index in [0.717, 1.165) is 24.1 Å². The van der Waals surface area contributed by atoms with Gasteiger partial charge in [0.25, 0.3) is 0 Å². The van der Waals surface area contributed by atoms with E-state index in [1.165, 1.54) is 6.07 Å². The van der Waals surface area contributed by atoms with Crippen molar-refractivity contribution in [3.8, 4) is 0 Å². The third-order valence-corrected chi connectivity index (χ3v) is 2.94. The fourth-order valence-corrected chi connectivity index (χ4v) is 2.01. The maximum absolute atomic E-state index is 13.5. The summed E-state index contributed by atoms with van der Waals surface area (Å²) in [5.41, 5.74) is 1.80. The van der Waals surface area contributed by atoms with E-state index in [0.29, 0.717) is 13.1 Å². The van der Waals surface area contributed by atoms with E-state index in [2.05, 4.69) is 5.32 Å². The Kier molecular flexibility index (Phi) is 3.19. The smallest absolute Gasteiger partial charge is 0.233 e. The molecule has 0 saturated heterocycles. The summed E-state index contributed by atoms with van der Waals surface area (Å²) in [5, 5.41) is 2.58. The van der Waals surface area contributed by atoms with Gasteiger partial charge in [0.05, 0.1) is 6.54 Å². The van der Waals surface area contributed by atoms with E-state index >= 15 is 0 Å². The van der Waals surface area contributed by atoms with Crippen LogP contribution in [0.5, 0.6) is 0 Å². The zero-order valence-electron chi connectivity index (χ0n) is 9.29. The summed E-state index contributed by atoms with van der Waals surface area (Å²) in [7, 11) is 1.61. The molecule has 0 radical (unpaired) electrons. The predicted octanol–water partition coefficient (Wildman–Crippen LogP) is 0.930. The minimum atomic E-state index is -0.167. The van der Waals surface area contributed by atoms with Crippen LogP contribution in [0.25, 0.3) is 0 Å². The molecule has 0 fully saturated rings. The monoisotopic (exact) mass is 222 g/mol. The molecule has 1 aliphatic rings. The summed E-state index contributed by atoms with van der Waals surface area (Å²) in [5.74, 6) is -0.195. The zero-order chi connectivity index (χ0) is 11.5. The van der Waals surface area contributed by atoms with Crippen LogP contribution in [0.2, 0.25) is 0 Å². The van der Waals surface area contributed by atoms with Gasteiger partial charge in [0.15, 0.2) is 0 Å². The Labute approximate surface area is 94.3 Å². The molecule has 0 saturated carbocycles. The summed E-state index contributed by atoms with van der Waals surface area (Å²) < 4.78 is 13.5. The summed E-state index contributed by atoms with van der Waals surface area (Å²) in [6.07, 6.45) is 0.810. The van der Waals surface area contributed by atoms with Crippen molar-refractivity contribution in [3.63, 3.8) is 0 Å². The standard InChI is InChI=1S/C12H15FN2O/c1-14-12(16)8-15-6-5-9-3-2-4-11(13)10(9)7-15/h2-4H,5-8H2,1H3,(H,14,16). The highest BCUT2D eigenvalue weighted by molar-refractivity contribution is 5.77. The van der Waals surface area contributed by atoms with Gasteiger partial charge in [-0.25, -0.2) is 4.39 Å². The highest BCUT2D eigenvalue weighted by Gasteiger charge is 2.20. The number of carbonyl (C=O) groups is 1. The molecule has 0 unspecified atom stereocenters. The maximum Gasteiger partial charge on any atom is 0.233 e. The molecular formula is C12H15FN2O. The van der Waals surface area contributed by atoms with Crippen molar-refractivity contribution in [2.45, 2.75) is 13.0 Å². The predicted molar refractivity (Wildman–Crippen MR) is 59.4 cm³/mol. The van der Waals surface area contributed by atoms with Crippen LogP contribution in [-0.4, -0.2) is 30.9 Å². The SMILES string of the molecule is CNC(=O)CN1CCc2cccc(F)c2C1. The highest BCUT2D eigenvalue weighted by atomic mass is 19.1. The molecule has 1 amide bonds. The van der Waals surface area contributed by atoms with Crippen LogP contribution in [0.3, 0.4) is 0 Å². The Hall–Kier alpha value is -1.42. The number of nitrogens with one attached hydrogen (secondary N) is 1. The minimum Gasteiger partial charge on any atom is -0.358 e. The van der Waals surface area contributed by atoms with Gasteiger partial charge in [-0.15, -0.1) is 0 Å². The lowest BCUT2D eigenvalue weighted by Gasteiger charge is -2.28. The molecule has 2 rings (SSSR count). The molecular weight excluding hydrogens is 207 g/mol. The number of hydrogen-bond donors (Lipinski definition) is 1. The number of hydrogen-bond acceptors (Lipinski definition) is 2. The molecule has 0 atom stereocenters. The highest BCUT2D eigenvalue weighted by Crippen LogP contribution is 2.21. The second-order valence-electron chi connectivity index (χ2n) is 4.01. The van der Waals surface area contributed by atoms with Crippen molar-refractivity contribution in [1.29, 1.82) is 0 Å². The Morgan fingerprint density at radius 1 is 1.56 bits per heavy atom. The van der Waals surface area contributed by atoms with Gasteiger partial charge in [0, 0.05) is 25.7 Å². The molecule has 0 bridgehead atoms. The van der Waals surface area contributed by atoms with Crippen molar-refractivity contribution >= 4 is 5.91 Å². The fourth-order valence-electron chi connectivity index (χ4n) is 2.01. The van der Waals surface area contributed by atoms with Crippen LogP contribution >= 0.6 is 0 Å². The van der Waals surface area contributed by atoms with Crippen LogP contribution in [0.15, 0.2) is 18.2 Å². The number of rotatable bonds is 2. The van der Waals surface area contributed by atoms with Crippen molar-refractivity contribution in [2.75, 3.05) is 20.1 Å². The van der Waals surface area contributed by atoms with Crippen molar-refractivity contribution in [3.05, 3.63) is 35.1 Å². The van der Waals surface area contributed by atoms with Crippen molar-refractivity contribution < 1.29 is 9.18 Å². The van der Waals surface area contributed by atoms with Crippen molar-refractivity contribution in [1.82, 2.24) is 10.2 Å². The van der Waals surface area contributed by atoms with E-state index in [9.17, 15) is 9.18 Å². The first-order valence-corrected chi connectivity index (χ1v) is 5.40. The Morgan fingerprint density at radius 2 is 2.38 bits per heavy atom. The number of carbonyl (C=O) groups excluding carboxylic acids is 1. The second-order valence-corrected chi connectivity index (χ2v) is 4.01. The number of nitrogens with zero attached hydrogens (tertiary/aromatic N) is 1. The van der Waals surface area contributed by atoms with Gasteiger partial charge in [-0.3, -0.25) is 9.69 Å². The van der Waals surface area contributed by atoms with Crippen LogP contribution in [0.4, 0.5) is 4.39 Å². The molecule has 0 aliphatic carbocycles. The molecule has 3 nitrogen and oxygen atoms in total. The van der Waals surface area contributed by atoms with E-state index in [1.807, 2.05) is 11.0 Å². The van der Waals surface area contributed by atoms with Crippen LogP contribution in [0, 0.1) is 5.82 Å². The average Bonchev–Trinajstić information content (AvgIpc) is 2.30. The average molecular weight is 222 g/mol. The van der Waals surface area contributed by atoms with E-state index in [-0.39, 0.29) is 11.7 Å². The van der Waals surface area contributed by atoms with Gasteiger partial charge in [-0.05, 0) is 18.1 Å². The normalized spacial score (nSPS) is 15.6. The number of amides is 1. The first-order chi connectivity index (χ1) is 7.70. The second kappa shape index (κ2) is 4.61. The Morgan fingerprint density at radius 3 is 3.12 bits per heavy atom. The topological polar surface area (TPSA) is 32.3 Å². The summed E-state index contributed by atoms with van der Waals surface area (Å²) in [6, 6.07) is 5.17. The molecule has 0 aromatic heterocycles. The van der Waals surface area contributed by atoms with Gasteiger partial charge in [-0.2, -0.15) is 0 Å². The molecule has 4 heteroatoms. The third-order valence-electron chi connectivity index (χ3n) is 2.94. The minimum absolute atomic E-state index is 0.0280. The molecule has 1 aromatic carbocycles. The third kappa shape index (κ3) is 2.22. The maximum atomic E-state index is 13.5. The first kappa shape index (κ1) is 11.1. The van der Waals surface area contributed by atoms with Crippen LogP contribution in [0.1, 0.15) is 11.1 Å².